The molecule has 1 fully saturated rings. The van der Waals surface area contributed by atoms with Gasteiger partial charge in [-0.3, -0.25) is 52.8 Å². The molecule has 0 radical (unpaired) electrons. The zero-order chi connectivity index (χ0) is 58.8. The van der Waals surface area contributed by atoms with E-state index in [2.05, 4.69) is 21.3 Å². The summed E-state index contributed by atoms with van der Waals surface area (Å²) in [5, 5.41) is 10.7. The van der Waals surface area contributed by atoms with Gasteiger partial charge in [0, 0.05) is 55.8 Å². The van der Waals surface area contributed by atoms with Gasteiger partial charge in [-0.2, -0.15) is 0 Å². The second-order valence-electron chi connectivity index (χ2n) is 22.2. The molecule has 0 aliphatic carbocycles. The third-order valence-corrected chi connectivity index (χ3v) is 14.0. The van der Waals surface area contributed by atoms with Crippen LogP contribution in [0.5, 0.6) is 0 Å². The van der Waals surface area contributed by atoms with E-state index >= 15 is 0 Å². The van der Waals surface area contributed by atoms with Crippen molar-refractivity contribution in [2.75, 3.05) is 62.4 Å². The molecule has 0 bridgehead atoms. The van der Waals surface area contributed by atoms with Crippen LogP contribution in [0.25, 0.3) is 0 Å². The molecule has 4 N–H and O–H groups in total. The van der Waals surface area contributed by atoms with Crippen molar-refractivity contribution in [2.24, 2.45) is 29.6 Å². The molecule has 76 heavy (non-hydrogen) atoms. The lowest BCUT2D eigenvalue weighted by Gasteiger charge is -2.37. The summed E-state index contributed by atoms with van der Waals surface area (Å²) >= 11 is 0. The van der Waals surface area contributed by atoms with E-state index in [0.717, 1.165) is 24.5 Å². The first-order valence-electron chi connectivity index (χ1n) is 26.7. The molecule has 0 saturated carbocycles. The number of aldehydes is 1. The van der Waals surface area contributed by atoms with E-state index < -0.39 is 138 Å². The number of hydrogen-bond acceptors (Lipinski definition) is 12. The predicted octanol–water partition coefficient (Wildman–Crippen LogP) is 1.47. The summed E-state index contributed by atoms with van der Waals surface area (Å²) in [4.78, 5) is 175. The Bertz CT molecular complexity index is 2070. The van der Waals surface area contributed by atoms with E-state index in [1.807, 2.05) is 41.5 Å². The normalized spacial score (nSPS) is 25.8. The maximum absolute atomic E-state index is 14.5. The fourth-order valence-electron chi connectivity index (χ4n) is 8.98. The van der Waals surface area contributed by atoms with Crippen molar-refractivity contribution in [1.82, 2.24) is 55.6 Å². The standard InChI is InChI=1S/C53H93N11O12/c1-20-36-49(72)58(13)29-43(67)59(14)38(24-30(3)4)48(71)57-44(33(9)10)52(75)62(17)39(25-31(5)6)46(69)55-35(12)45(68)54-28-42(66)60(15)41(26-32(7)8)51(74)64(19)53(76)63(18)37(21-2)50(73)61(16)40(47(70)56-36)27-34(11)22-23-65/h23,30-41,44H,20-22,24-29H2,1-19H3,(H,54,68)(H,55,69)(H,56,70)(H,57,71)/t34-,35-,36?,37?,38+,39-,40?,41-,44-/m1/s1. The summed E-state index contributed by atoms with van der Waals surface area (Å²) in [5.74, 6) is -8.22. The minimum atomic E-state index is -1.26. The Kier molecular flexibility index (Phi) is 27.8. The van der Waals surface area contributed by atoms with Crippen LogP contribution in [0.1, 0.15) is 128 Å². The van der Waals surface area contributed by atoms with E-state index in [0.29, 0.717) is 6.29 Å². The Morgan fingerprint density at radius 1 is 0.500 bits per heavy atom. The maximum Gasteiger partial charge on any atom is 0.326 e. The number of carbonyl (C=O) groups is 12. The van der Waals surface area contributed by atoms with Gasteiger partial charge in [-0.15, -0.1) is 0 Å². The van der Waals surface area contributed by atoms with Crippen molar-refractivity contribution in [3.63, 3.8) is 0 Å². The van der Waals surface area contributed by atoms with Crippen molar-refractivity contribution >= 4 is 71.4 Å². The van der Waals surface area contributed by atoms with Crippen LogP contribution < -0.4 is 21.3 Å². The van der Waals surface area contributed by atoms with E-state index in [1.54, 1.807) is 34.6 Å². The van der Waals surface area contributed by atoms with Gasteiger partial charge in [0.15, 0.2) is 0 Å². The topological polar surface area (TPSA) is 276 Å². The van der Waals surface area contributed by atoms with Crippen molar-refractivity contribution in [1.29, 1.82) is 0 Å². The van der Waals surface area contributed by atoms with E-state index in [9.17, 15) is 57.5 Å². The Hall–Kier alpha value is -6.16. The van der Waals surface area contributed by atoms with Crippen molar-refractivity contribution in [3.8, 4) is 0 Å². The van der Waals surface area contributed by atoms with E-state index in [1.165, 1.54) is 66.1 Å². The Labute approximate surface area is 451 Å². The van der Waals surface area contributed by atoms with Crippen LogP contribution in [0.15, 0.2) is 0 Å². The van der Waals surface area contributed by atoms with Gasteiger partial charge in [0.1, 0.15) is 54.6 Å². The molecular weight excluding hydrogens is 983 g/mol. The molecule has 23 heteroatoms. The van der Waals surface area contributed by atoms with Crippen LogP contribution >= 0.6 is 0 Å². The minimum Gasteiger partial charge on any atom is -0.345 e. The lowest BCUT2D eigenvalue weighted by molar-refractivity contribution is -0.147. The molecule has 23 nitrogen and oxygen atoms in total. The van der Waals surface area contributed by atoms with Crippen LogP contribution in [0.2, 0.25) is 0 Å². The largest absolute Gasteiger partial charge is 0.345 e. The van der Waals surface area contributed by atoms with Gasteiger partial charge < -0.3 is 55.5 Å². The first-order valence-corrected chi connectivity index (χ1v) is 26.7. The van der Waals surface area contributed by atoms with Gasteiger partial charge in [-0.1, -0.05) is 76.2 Å². The Morgan fingerprint density at radius 3 is 1.45 bits per heavy atom. The first kappa shape index (κ1) is 67.9. The van der Waals surface area contributed by atoms with E-state index in [-0.39, 0.29) is 62.7 Å². The monoisotopic (exact) mass is 1080 g/mol. The SMILES string of the molecule is CCC1NC(=O)C(C[C@H](C)CC=O)N(C)C(=O)C(CC)N(C)C(=O)N(C)C(=O)[C@@H](CC(C)C)N(C)C(=O)CNC(=O)[C@@H](C)NC(=O)[C@@H](CC(C)C)N(C)C(=O)[C@@H](C(C)C)NC(=O)[C@H](CC(C)C)N(C)C(=O)CN(C)C1=O. The number of likely N-dealkylation sites (N-methyl/N-ethyl adjacent to an activating group) is 7. The molecule has 1 saturated heterocycles. The van der Waals surface area contributed by atoms with Crippen molar-refractivity contribution in [2.45, 2.75) is 176 Å². The van der Waals surface area contributed by atoms with Gasteiger partial charge >= 0.3 is 6.03 Å². The third-order valence-electron chi connectivity index (χ3n) is 14.0. The quantitative estimate of drug-likeness (QED) is 0.191. The fraction of sp³-hybridized carbons (Fsp3) is 0.774. The molecule has 9 atom stereocenters. The summed E-state index contributed by atoms with van der Waals surface area (Å²) in [5.41, 5.74) is 0. The third kappa shape index (κ3) is 19.1. The highest BCUT2D eigenvalue weighted by molar-refractivity contribution is 6.01. The number of rotatable bonds is 13. The zero-order valence-corrected chi connectivity index (χ0v) is 49.0. The molecule has 1 aliphatic heterocycles. The number of nitrogens with one attached hydrogen (secondary N) is 4. The summed E-state index contributed by atoms with van der Waals surface area (Å²) in [6, 6.07) is -10.4. The van der Waals surface area contributed by atoms with Crippen LogP contribution in [-0.4, -0.2) is 216 Å². The summed E-state index contributed by atoms with van der Waals surface area (Å²) in [6.45, 7) is 19.8. The summed E-state index contributed by atoms with van der Waals surface area (Å²) < 4.78 is 0. The highest BCUT2D eigenvalue weighted by atomic mass is 16.2. The molecule has 432 valence electrons. The van der Waals surface area contributed by atoms with Crippen molar-refractivity contribution < 1.29 is 57.5 Å². The van der Waals surface area contributed by atoms with Crippen LogP contribution in [-0.2, 0) is 52.7 Å². The maximum atomic E-state index is 14.5. The van der Waals surface area contributed by atoms with Gasteiger partial charge in [0.2, 0.25) is 53.2 Å². The average molecular weight is 1080 g/mol. The highest BCUT2D eigenvalue weighted by Crippen LogP contribution is 2.21. The van der Waals surface area contributed by atoms with Crippen LogP contribution in [0.4, 0.5) is 4.79 Å². The number of hydrogen-bond donors (Lipinski definition) is 4. The molecule has 3 unspecified atom stereocenters. The Balaban J connectivity index is 4.04. The summed E-state index contributed by atoms with van der Waals surface area (Å²) in [7, 11) is 9.47. The molecule has 0 aromatic carbocycles. The van der Waals surface area contributed by atoms with Crippen LogP contribution in [0.3, 0.4) is 0 Å². The Morgan fingerprint density at radius 2 is 0.961 bits per heavy atom. The first-order chi connectivity index (χ1) is 35.2. The fourth-order valence-corrected chi connectivity index (χ4v) is 8.98. The predicted molar refractivity (Wildman–Crippen MR) is 286 cm³/mol. The van der Waals surface area contributed by atoms with Gasteiger partial charge in [-0.25, -0.2) is 4.79 Å². The second kappa shape index (κ2) is 31.2. The zero-order valence-electron chi connectivity index (χ0n) is 49.0. The molecule has 0 aromatic rings. The molecule has 1 rings (SSSR count). The molecule has 1 heterocycles. The molecular formula is C53H93N11O12. The van der Waals surface area contributed by atoms with Crippen molar-refractivity contribution in [3.05, 3.63) is 0 Å². The molecule has 0 spiro atoms. The molecule has 0 aromatic heterocycles. The number of imide groups is 1. The summed E-state index contributed by atoms with van der Waals surface area (Å²) in [6.07, 6.45) is 1.24. The van der Waals surface area contributed by atoms with Gasteiger partial charge in [-0.05, 0) is 75.0 Å². The second-order valence-corrected chi connectivity index (χ2v) is 22.2. The van der Waals surface area contributed by atoms with Gasteiger partial charge in [0.25, 0.3) is 5.91 Å². The van der Waals surface area contributed by atoms with E-state index in [4.69, 9.17) is 0 Å². The highest BCUT2D eigenvalue weighted by Gasteiger charge is 2.41. The molecule has 12 amide bonds. The smallest absolute Gasteiger partial charge is 0.326 e. The number of nitrogens with zero attached hydrogens (tertiary/aromatic N) is 7. The lowest BCUT2D eigenvalue weighted by Crippen LogP contribution is -2.60. The minimum absolute atomic E-state index is 0.0222. The molecule has 1 aliphatic rings. The number of urea groups is 1. The average Bonchev–Trinajstić information content (AvgIpc) is 3.35. The lowest BCUT2D eigenvalue weighted by atomic mass is 9.96. The van der Waals surface area contributed by atoms with Gasteiger partial charge in [0.05, 0.1) is 13.1 Å². The number of carbonyl (C=O) groups excluding carboxylic acids is 12. The number of amides is 12. The van der Waals surface area contributed by atoms with Crippen LogP contribution in [0, 0.1) is 29.6 Å².